The molecule has 0 heterocycles. The van der Waals surface area contributed by atoms with E-state index in [1.165, 1.54) is 6.07 Å². The summed E-state index contributed by atoms with van der Waals surface area (Å²) < 4.78 is 36.6. The van der Waals surface area contributed by atoms with E-state index >= 15 is 0 Å². The number of carboxylic acids is 1. The van der Waals surface area contributed by atoms with Gasteiger partial charge in [0, 0.05) is 6.26 Å². The molecule has 1 aromatic carbocycles. The van der Waals surface area contributed by atoms with Crippen LogP contribution in [0.5, 0.6) is 0 Å². The molecule has 6 heteroatoms. The average molecular weight is 286 g/mol. The average Bonchev–Trinajstić information content (AvgIpc) is 2.77. The zero-order chi connectivity index (χ0) is 14.3. The first-order chi connectivity index (χ1) is 8.75. The van der Waals surface area contributed by atoms with Crippen LogP contribution in [0.2, 0.25) is 0 Å². The van der Waals surface area contributed by atoms with E-state index in [9.17, 15) is 22.7 Å². The second-order valence-electron chi connectivity index (χ2n) is 5.04. The van der Waals surface area contributed by atoms with Crippen molar-refractivity contribution in [3.8, 4) is 0 Å². The molecule has 2 rings (SSSR count). The van der Waals surface area contributed by atoms with Gasteiger partial charge in [-0.25, -0.2) is 12.8 Å². The van der Waals surface area contributed by atoms with Crippen LogP contribution in [0.3, 0.4) is 0 Å². The Morgan fingerprint density at radius 2 is 1.84 bits per heavy atom. The Labute approximate surface area is 111 Å². The molecule has 0 bridgehead atoms. The van der Waals surface area contributed by atoms with Crippen LogP contribution in [-0.4, -0.2) is 25.7 Å². The van der Waals surface area contributed by atoms with Crippen molar-refractivity contribution >= 4 is 15.8 Å². The van der Waals surface area contributed by atoms with Crippen LogP contribution in [0.4, 0.5) is 4.39 Å². The highest BCUT2D eigenvalue weighted by molar-refractivity contribution is 7.90. The molecular weight excluding hydrogens is 271 g/mol. The maximum absolute atomic E-state index is 13.6. The van der Waals surface area contributed by atoms with Gasteiger partial charge in [-0.15, -0.1) is 0 Å². The van der Waals surface area contributed by atoms with Gasteiger partial charge in [-0.3, -0.25) is 4.79 Å². The van der Waals surface area contributed by atoms with E-state index in [0.717, 1.165) is 31.2 Å². The van der Waals surface area contributed by atoms with Gasteiger partial charge in [-0.2, -0.15) is 0 Å². The van der Waals surface area contributed by atoms with Crippen molar-refractivity contribution in [2.75, 3.05) is 6.26 Å². The number of hydrogen-bond donors (Lipinski definition) is 1. The van der Waals surface area contributed by atoms with Crippen LogP contribution < -0.4 is 0 Å². The molecule has 19 heavy (non-hydrogen) atoms. The van der Waals surface area contributed by atoms with Crippen LogP contribution in [0, 0.1) is 5.82 Å². The predicted molar refractivity (Wildman–Crippen MR) is 67.3 cm³/mol. The van der Waals surface area contributed by atoms with Crippen LogP contribution in [-0.2, 0) is 20.0 Å². The number of benzene rings is 1. The fourth-order valence-electron chi connectivity index (χ4n) is 2.66. The van der Waals surface area contributed by atoms with E-state index in [0.29, 0.717) is 12.8 Å². The third-order valence-electron chi connectivity index (χ3n) is 3.72. The Kier molecular flexibility index (Phi) is 3.38. The van der Waals surface area contributed by atoms with Gasteiger partial charge in [0.25, 0.3) is 0 Å². The number of hydrogen-bond acceptors (Lipinski definition) is 3. The fraction of sp³-hybridized carbons (Fsp3) is 0.462. The highest BCUT2D eigenvalue weighted by atomic mass is 32.2. The van der Waals surface area contributed by atoms with E-state index in [2.05, 4.69) is 0 Å². The molecule has 1 aliphatic carbocycles. The van der Waals surface area contributed by atoms with E-state index in [1.54, 1.807) is 0 Å². The molecule has 0 aliphatic heterocycles. The summed E-state index contributed by atoms with van der Waals surface area (Å²) in [5.41, 5.74) is -0.903. The summed E-state index contributed by atoms with van der Waals surface area (Å²) in [5, 5.41) is 9.43. The zero-order valence-electron chi connectivity index (χ0n) is 10.5. The Morgan fingerprint density at radius 1 is 1.26 bits per heavy atom. The first-order valence-electron chi connectivity index (χ1n) is 6.00. The van der Waals surface area contributed by atoms with Gasteiger partial charge >= 0.3 is 5.97 Å². The Morgan fingerprint density at radius 3 is 2.32 bits per heavy atom. The van der Waals surface area contributed by atoms with E-state index in [1.807, 2.05) is 0 Å². The van der Waals surface area contributed by atoms with E-state index < -0.39 is 27.0 Å². The minimum Gasteiger partial charge on any atom is -0.481 e. The second-order valence-corrected chi connectivity index (χ2v) is 7.06. The lowest BCUT2D eigenvalue weighted by Gasteiger charge is -2.24. The van der Waals surface area contributed by atoms with Gasteiger partial charge < -0.3 is 5.11 Å². The molecule has 104 valence electrons. The van der Waals surface area contributed by atoms with Gasteiger partial charge in [0.2, 0.25) is 0 Å². The largest absolute Gasteiger partial charge is 0.481 e. The molecule has 0 radical (unpaired) electrons. The lowest BCUT2D eigenvalue weighted by Crippen LogP contribution is -2.32. The Bertz CT molecular complexity index is 616. The van der Waals surface area contributed by atoms with Gasteiger partial charge in [-0.1, -0.05) is 12.8 Å². The lowest BCUT2D eigenvalue weighted by molar-refractivity contribution is -0.143. The quantitative estimate of drug-likeness (QED) is 0.924. The first kappa shape index (κ1) is 14.0. The van der Waals surface area contributed by atoms with E-state index in [4.69, 9.17) is 0 Å². The Hall–Kier alpha value is -1.43. The van der Waals surface area contributed by atoms with Crippen LogP contribution in [0.15, 0.2) is 23.1 Å². The zero-order valence-corrected chi connectivity index (χ0v) is 11.3. The fourth-order valence-corrected chi connectivity index (χ4v) is 3.33. The van der Waals surface area contributed by atoms with Crippen LogP contribution in [0.25, 0.3) is 0 Å². The summed E-state index contributed by atoms with van der Waals surface area (Å²) in [7, 11) is -3.56. The summed E-state index contributed by atoms with van der Waals surface area (Å²) >= 11 is 0. The third-order valence-corrected chi connectivity index (χ3v) is 4.81. The number of rotatable bonds is 3. The molecular formula is C13H15FO4S. The number of carboxylic acid groups (broad SMARTS) is 1. The molecule has 0 saturated heterocycles. The summed E-state index contributed by atoms with van der Waals surface area (Å²) in [4.78, 5) is 11.4. The lowest BCUT2D eigenvalue weighted by atomic mass is 9.79. The van der Waals surface area contributed by atoms with Gasteiger partial charge in [0.1, 0.15) is 5.82 Å². The highest BCUT2D eigenvalue weighted by Crippen LogP contribution is 2.42. The molecule has 1 aliphatic rings. The highest BCUT2D eigenvalue weighted by Gasteiger charge is 2.43. The van der Waals surface area contributed by atoms with Crippen molar-refractivity contribution < 1.29 is 22.7 Å². The summed E-state index contributed by atoms with van der Waals surface area (Å²) in [6.45, 7) is 0. The first-order valence-corrected chi connectivity index (χ1v) is 7.89. The predicted octanol–water partition coefficient (Wildman–Crippen LogP) is 2.13. The van der Waals surface area contributed by atoms with Crippen molar-refractivity contribution in [1.82, 2.24) is 0 Å². The number of halogens is 1. The third kappa shape index (κ3) is 2.49. The molecule has 4 nitrogen and oxygen atoms in total. The van der Waals surface area contributed by atoms with Crippen molar-refractivity contribution in [3.05, 3.63) is 29.6 Å². The smallest absolute Gasteiger partial charge is 0.314 e. The second kappa shape index (κ2) is 4.59. The number of sulfone groups is 1. The summed E-state index contributed by atoms with van der Waals surface area (Å²) in [5.74, 6) is -1.74. The van der Waals surface area contributed by atoms with Gasteiger partial charge in [0.15, 0.2) is 9.84 Å². The van der Waals surface area contributed by atoms with Crippen molar-refractivity contribution in [2.45, 2.75) is 36.0 Å². The van der Waals surface area contributed by atoms with Crippen LogP contribution in [0.1, 0.15) is 31.2 Å². The molecule has 1 saturated carbocycles. The molecule has 0 aromatic heterocycles. The molecule has 1 fully saturated rings. The molecule has 1 N–H and O–H groups in total. The van der Waals surface area contributed by atoms with Gasteiger partial charge in [0.05, 0.1) is 10.3 Å². The SMILES string of the molecule is CS(=O)(=O)c1cc(F)cc(C2(C(=O)O)CCCC2)c1. The molecule has 1 aromatic rings. The molecule has 0 amide bonds. The summed E-state index contributed by atoms with van der Waals surface area (Å²) in [6, 6.07) is 3.34. The van der Waals surface area contributed by atoms with Crippen molar-refractivity contribution in [1.29, 1.82) is 0 Å². The Balaban J connectivity index is 2.62. The summed E-state index contributed by atoms with van der Waals surface area (Å²) in [6.07, 6.45) is 3.30. The minimum atomic E-state index is -3.56. The maximum Gasteiger partial charge on any atom is 0.314 e. The van der Waals surface area contributed by atoms with Crippen molar-refractivity contribution in [2.24, 2.45) is 0 Å². The maximum atomic E-state index is 13.6. The number of carbonyl (C=O) groups is 1. The van der Waals surface area contributed by atoms with Gasteiger partial charge in [-0.05, 0) is 36.6 Å². The van der Waals surface area contributed by atoms with E-state index in [-0.39, 0.29) is 10.5 Å². The standard InChI is InChI=1S/C13H15FO4S/c1-19(17,18)11-7-9(6-10(14)8-11)13(12(15)16)4-2-3-5-13/h6-8H,2-5H2,1H3,(H,15,16). The molecule has 0 spiro atoms. The topological polar surface area (TPSA) is 71.4 Å². The normalized spacial score (nSPS) is 18.4. The molecule has 0 unspecified atom stereocenters. The minimum absolute atomic E-state index is 0.171. The van der Waals surface area contributed by atoms with Crippen LogP contribution >= 0.6 is 0 Å². The molecule has 0 atom stereocenters. The van der Waals surface area contributed by atoms with Crippen molar-refractivity contribution in [3.63, 3.8) is 0 Å². The monoisotopic (exact) mass is 286 g/mol. The number of aliphatic carboxylic acids is 1.